The number of hydrogen-bond donors (Lipinski definition) is 3. The summed E-state index contributed by atoms with van der Waals surface area (Å²) in [7, 11) is -4.66. The summed E-state index contributed by atoms with van der Waals surface area (Å²) in [6.07, 6.45) is -3.67. The second-order valence-corrected chi connectivity index (χ2v) is 6.94. The molecule has 0 saturated heterocycles. The Balaban J connectivity index is 2.07. The molecule has 12 heteroatoms. The number of benzene rings is 1. The Labute approximate surface area is 151 Å². The summed E-state index contributed by atoms with van der Waals surface area (Å²) in [5.74, 6) is -1.91. The van der Waals surface area contributed by atoms with Gasteiger partial charge in [-0.25, -0.2) is 8.42 Å². The molecule has 8 nitrogen and oxygen atoms in total. The third-order valence-corrected chi connectivity index (χ3v) is 4.85. The SMILES string of the molecule is C[C@@H](NS(=O)(=O)c1ccccc1C(F)(F)F)C(=O)NNC(=O)c1ccco1. The first-order valence-corrected chi connectivity index (χ1v) is 8.83. The average Bonchev–Trinajstić information content (AvgIpc) is 3.13. The van der Waals surface area contributed by atoms with E-state index >= 15 is 0 Å². The Bertz CT molecular complexity index is 926. The number of rotatable bonds is 5. The molecular formula is C15H14F3N3O5S. The lowest BCUT2D eigenvalue weighted by Crippen LogP contribution is -2.51. The van der Waals surface area contributed by atoms with Gasteiger partial charge in [0.15, 0.2) is 5.76 Å². The molecule has 146 valence electrons. The molecule has 2 aromatic rings. The van der Waals surface area contributed by atoms with E-state index in [9.17, 15) is 31.2 Å². The van der Waals surface area contributed by atoms with E-state index in [1.165, 1.54) is 18.4 Å². The van der Waals surface area contributed by atoms with Crippen molar-refractivity contribution in [2.75, 3.05) is 0 Å². The maximum absolute atomic E-state index is 13.0. The zero-order chi connectivity index (χ0) is 20.2. The number of furan rings is 1. The normalized spacial score (nSPS) is 13.0. The molecule has 1 aromatic heterocycles. The van der Waals surface area contributed by atoms with Crippen LogP contribution in [0.15, 0.2) is 52.0 Å². The molecule has 3 N–H and O–H groups in total. The van der Waals surface area contributed by atoms with Crippen molar-refractivity contribution in [1.82, 2.24) is 15.6 Å². The highest BCUT2D eigenvalue weighted by atomic mass is 32.2. The van der Waals surface area contributed by atoms with Crippen LogP contribution < -0.4 is 15.6 Å². The van der Waals surface area contributed by atoms with Gasteiger partial charge in [-0.1, -0.05) is 12.1 Å². The van der Waals surface area contributed by atoms with Gasteiger partial charge in [0, 0.05) is 0 Å². The monoisotopic (exact) mass is 405 g/mol. The number of nitrogens with one attached hydrogen (secondary N) is 3. The van der Waals surface area contributed by atoms with E-state index in [-0.39, 0.29) is 5.76 Å². The van der Waals surface area contributed by atoms with Crippen molar-refractivity contribution in [2.45, 2.75) is 24.0 Å². The maximum Gasteiger partial charge on any atom is 0.417 e. The summed E-state index contributed by atoms with van der Waals surface area (Å²) in [5, 5.41) is 0. The quantitative estimate of drug-likeness (QED) is 0.651. The lowest BCUT2D eigenvalue weighted by Gasteiger charge is -2.17. The van der Waals surface area contributed by atoms with E-state index in [2.05, 4.69) is 0 Å². The van der Waals surface area contributed by atoms with Gasteiger partial charge >= 0.3 is 12.1 Å². The van der Waals surface area contributed by atoms with Crippen LogP contribution in [0.25, 0.3) is 0 Å². The third-order valence-electron chi connectivity index (χ3n) is 3.25. The minimum atomic E-state index is -4.89. The van der Waals surface area contributed by atoms with Crippen molar-refractivity contribution in [3.8, 4) is 0 Å². The van der Waals surface area contributed by atoms with E-state index in [1.807, 2.05) is 15.6 Å². The number of carbonyl (C=O) groups excluding carboxylic acids is 2. The number of alkyl halides is 3. The largest absolute Gasteiger partial charge is 0.459 e. The number of carbonyl (C=O) groups is 2. The van der Waals surface area contributed by atoms with Gasteiger partial charge in [-0.05, 0) is 31.2 Å². The molecule has 2 rings (SSSR count). The van der Waals surface area contributed by atoms with Gasteiger partial charge in [-0.15, -0.1) is 0 Å². The van der Waals surface area contributed by atoms with Crippen molar-refractivity contribution in [3.05, 3.63) is 54.0 Å². The molecule has 0 unspecified atom stereocenters. The van der Waals surface area contributed by atoms with Crippen LogP contribution in [0.5, 0.6) is 0 Å². The lowest BCUT2D eigenvalue weighted by molar-refractivity contribution is -0.139. The van der Waals surface area contributed by atoms with Crippen LogP contribution in [0.2, 0.25) is 0 Å². The molecule has 0 bridgehead atoms. The minimum Gasteiger partial charge on any atom is -0.459 e. The molecule has 0 aliphatic rings. The van der Waals surface area contributed by atoms with Gasteiger partial charge < -0.3 is 4.42 Å². The summed E-state index contributed by atoms with van der Waals surface area (Å²) >= 11 is 0. The molecule has 0 fully saturated rings. The third kappa shape index (κ3) is 5.08. The molecule has 0 radical (unpaired) electrons. The first-order valence-electron chi connectivity index (χ1n) is 7.34. The Kier molecular flexibility index (Phi) is 5.91. The first kappa shape index (κ1) is 20.5. The second kappa shape index (κ2) is 7.80. The first-order chi connectivity index (χ1) is 12.5. The smallest absolute Gasteiger partial charge is 0.417 e. The van der Waals surface area contributed by atoms with Crippen LogP contribution in [0.1, 0.15) is 23.0 Å². The Hall–Kier alpha value is -2.86. The van der Waals surface area contributed by atoms with E-state index in [1.54, 1.807) is 0 Å². The van der Waals surface area contributed by atoms with Crippen LogP contribution in [-0.2, 0) is 21.0 Å². The maximum atomic E-state index is 13.0. The van der Waals surface area contributed by atoms with Crippen molar-refractivity contribution < 1.29 is 35.6 Å². The minimum absolute atomic E-state index is 0.109. The molecule has 0 spiro atoms. The predicted octanol–water partition coefficient (Wildman–Crippen LogP) is 1.43. The second-order valence-electron chi connectivity index (χ2n) is 5.26. The predicted molar refractivity (Wildman–Crippen MR) is 85.5 cm³/mol. The van der Waals surface area contributed by atoms with Gasteiger partial charge in [0.25, 0.3) is 5.91 Å². The van der Waals surface area contributed by atoms with Crippen LogP contribution in [-0.4, -0.2) is 26.3 Å². The molecule has 1 atom stereocenters. The van der Waals surface area contributed by atoms with Crippen molar-refractivity contribution in [3.63, 3.8) is 0 Å². The van der Waals surface area contributed by atoms with Crippen LogP contribution in [0.4, 0.5) is 13.2 Å². The summed E-state index contributed by atoms with van der Waals surface area (Å²) in [5.41, 5.74) is 2.56. The van der Waals surface area contributed by atoms with Gasteiger partial charge in [-0.3, -0.25) is 20.4 Å². The van der Waals surface area contributed by atoms with E-state index in [0.717, 1.165) is 25.1 Å². The fourth-order valence-corrected chi connectivity index (χ4v) is 3.41. The standard InChI is InChI=1S/C15H14F3N3O5S/c1-9(13(22)19-20-14(23)11-6-4-8-26-11)21-27(24,25)12-7-3-2-5-10(12)15(16,17)18/h2-9,21H,1H3,(H,19,22)(H,20,23)/t9-/m1/s1. The van der Waals surface area contributed by atoms with Crippen LogP contribution in [0, 0.1) is 0 Å². The average molecular weight is 405 g/mol. The zero-order valence-electron chi connectivity index (χ0n) is 13.7. The number of amides is 2. The molecule has 1 aromatic carbocycles. The number of hydrazine groups is 1. The molecule has 2 amide bonds. The molecule has 0 aliphatic carbocycles. The van der Waals surface area contributed by atoms with E-state index in [0.29, 0.717) is 6.07 Å². The van der Waals surface area contributed by atoms with Gasteiger partial charge in [0.1, 0.15) is 0 Å². The number of halogens is 3. The Morgan fingerprint density at radius 3 is 2.33 bits per heavy atom. The lowest BCUT2D eigenvalue weighted by atomic mass is 10.2. The summed E-state index contributed by atoms with van der Waals surface area (Å²) in [4.78, 5) is 22.5. The fraction of sp³-hybridized carbons (Fsp3) is 0.200. The highest BCUT2D eigenvalue weighted by Crippen LogP contribution is 2.33. The Morgan fingerprint density at radius 2 is 1.74 bits per heavy atom. The number of sulfonamides is 1. The molecule has 27 heavy (non-hydrogen) atoms. The zero-order valence-corrected chi connectivity index (χ0v) is 14.5. The molecule has 0 saturated carbocycles. The van der Waals surface area contributed by atoms with Crippen LogP contribution >= 0.6 is 0 Å². The molecule has 1 heterocycles. The fourth-order valence-electron chi connectivity index (χ4n) is 1.98. The Morgan fingerprint density at radius 1 is 1.07 bits per heavy atom. The summed E-state index contributed by atoms with van der Waals surface area (Å²) < 4.78 is 70.1. The molecular weight excluding hydrogens is 391 g/mol. The van der Waals surface area contributed by atoms with Gasteiger partial charge in [0.2, 0.25) is 10.0 Å². The van der Waals surface area contributed by atoms with Gasteiger partial charge in [0.05, 0.1) is 22.8 Å². The van der Waals surface area contributed by atoms with Crippen molar-refractivity contribution in [1.29, 1.82) is 0 Å². The highest BCUT2D eigenvalue weighted by molar-refractivity contribution is 7.89. The highest BCUT2D eigenvalue weighted by Gasteiger charge is 2.37. The molecule has 0 aliphatic heterocycles. The van der Waals surface area contributed by atoms with Crippen LogP contribution in [0.3, 0.4) is 0 Å². The topological polar surface area (TPSA) is 118 Å². The number of hydrogen-bond acceptors (Lipinski definition) is 5. The van der Waals surface area contributed by atoms with E-state index in [4.69, 9.17) is 4.42 Å². The van der Waals surface area contributed by atoms with Crippen molar-refractivity contribution >= 4 is 21.8 Å². The van der Waals surface area contributed by atoms with Gasteiger partial charge in [-0.2, -0.15) is 17.9 Å². The summed E-state index contributed by atoms with van der Waals surface area (Å²) in [6.45, 7) is 1.10. The van der Waals surface area contributed by atoms with E-state index < -0.39 is 44.5 Å². The van der Waals surface area contributed by atoms with Crippen molar-refractivity contribution in [2.24, 2.45) is 0 Å². The summed E-state index contributed by atoms with van der Waals surface area (Å²) in [6, 6.07) is 4.83.